The summed E-state index contributed by atoms with van der Waals surface area (Å²) in [5, 5.41) is 10.9. The molecule has 1 N–H and O–H groups in total. The molecular formula is C25H24ClNO6S. The Bertz CT molecular complexity index is 1320. The van der Waals surface area contributed by atoms with Crippen molar-refractivity contribution in [3.8, 4) is 16.9 Å². The Morgan fingerprint density at radius 3 is 2.62 bits per heavy atom. The van der Waals surface area contributed by atoms with E-state index in [1.54, 1.807) is 36.1 Å². The maximum absolute atomic E-state index is 12.6. The van der Waals surface area contributed by atoms with Crippen LogP contribution in [0.4, 0.5) is 0 Å². The Balaban J connectivity index is 1.42. The number of phenols is 1. The summed E-state index contributed by atoms with van der Waals surface area (Å²) in [4.78, 5) is 26.7. The van der Waals surface area contributed by atoms with E-state index in [2.05, 4.69) is 0 Å². The molecule has 1 amide bonds. The number of aromatic hydroxyl groups is 1. The van der Waals surface area contributed by atoms with Crippen molar-refractivity contribution in [1.29, 1.82) is 0 Å². The maximum Gasteiger partial charge on any atom is 0.238 e. The smallest absolute Gasteiger partial charge is 0.238 e. The molecule has 0 spiro atoms. The zero-order valence-electron chi connectivity index (χ0n) is 18.5. The minimum Gasteiger partial charge on any atom is -0.507 e. The van der Waals surface area contributed by atoms with E-state index in [0.29, 0.717) is 23.1 Å². The van der Waals surface area contributed by atoms with Gasteiger partial charge in [0.2, 0.25) is 5.91 Å². The number of nitrogens with zero attached hydrogens (tertiary/aromatic N) is 1. The first-order chi connectivity index (χ1) is 16.1. The van der Waals surface area contributed by atoms with Crippen LogP contribution in [0.15, 0.2) is 48.6 Å². The average molecular weight is 502 g/mol. The summed E-state index contributed by atoms with van der Waals surface area (Å²) in [6, 6.07) is 10.8. The number of halogens is 1. The summed E-state index contributed by atoms with van der Waals surface area (Å²) in [5.41, 5.74) is 2.17. The fourth-order valence-corrected chi connectivity index (χ4v) is 7.24. The fourth-order valence-electron chi connectivity index (χ4n) is 4.95. The lowest BCUT2D eigenvalue weighted by Crippen LogP contribution is -2.50. The van der Waals surface area contributed by atoms with Crippen molar-refractivity contribution >= 4 is 33.1 Å². The topological polar surface area (TPSA) is 104 Å². The van der Waals surface area contributed by atoms with E-state index in [1.165, 1.54) is 6.08 Å². The minimum atomic E-state index is -3.20. The number of alkyl halides is 1. The van der Waals surface area contributed by atoms with Gasteiger partial charge >= 0.3 is 0 Å². The van der Waals surface area contributed by atoms with Crippen LogP contribution in [0.5, 0.6) is 5.75 Å². The van der Waals surface area contributed by atoms with Crippen molar-refractivity contribution in [2.75, 3.05) is 17.4 Å². The lowest BCUT2D eigenvalue weighted by molar-refractivity contribution is -0.134. The summed E-state index contributed by atoms with van der Waals surface area (Å²) in [5.74, 6) is -0.925. The van der Waals surface area contributed by atoms with Gasteiger partial charge in [-0.15, -0.1) is 11.6 Å². The lowest BCUT2D eigenvalue weighted by Gasteiger charge is -2.37. The molecule has 0 radical (unpaired) electrons. The molecule has 0 bridgehead atoms. The van der Waals surface area contributed by atoms with Crippen LogP contribution in [0.3, 0.4) is 0 Å². The number of benzene rings is 2. The quantitative estimate of drug-likeness (QED) is 0.497. The highest BCUT2D eigenvalue weighted by Crippen LogP contribution is 2.47. The fraction of sp³-hybridized carbons (Fsp3) is 0.360. The molecule has 2 heterocycles. The second-order valence-electron chi connectivity index (χ2n) is 9.32. The van der Waals surface area contributed by atoms with Crippen LogP contribution in [0.1, 0.15) is 40.9 Å². The summed E-state index contributed by atoms with van der Waals surface area (Å²) >= 11 is 5.83. The second-order valence-corrected chi connectivity index (χ2v) is 11.8. The number of ketones is 1. The van der Waals surface area contributed by atoms with Crippen LogP contribution >= 0.6 is 11.6 Å². The van der Waals surface area contributed by atoms with Gasteiger partial charge in [0, 0.05) is 12.1 Å². The van der Waals surface area contributed by atoms with E-state index in [1.807, 2.05) is 18.2 Å². The van der Waals surface area contributed by atoms with Gasteiger partial charge < -0.3 is 14.7 Å². The predicted molar refractivity (Wildman–Crippen MR) is 128 cm³/mol. The Morgan fingerprint density at radius 1 is 1.24 bits per heavy atom. The van der Waals surface area contributed by atoms with E-state index in [0.717, 1.165) is 5.56 Å². The number of carbonyl (C=O) groups excluding carboxylic acids is 2. The van der Waals surface area contributed by atoms with Crippen LogP contribution in [0.2, 0.25) is 0 Å². The number of phenolic OH excluding ortho intramolecular Hbond substituents is 1. The van der Waals surface area contributed by atoms with E-state index in [9.17, 15) is 23.1 Å². The minimum absolute atomic E-state index is 0.0483. The zero-order valence-corrected chi connectivity index (χ0v) is 20.1. The molecule has 3 atom stereocenters. The third-order valence-corrected chi connectivity index (χ3v) is 9.00. The van der Waals surface area contributed by atoms with E-state index < -0.39 is 15.4 Å². The molecule has 2 aromatic carbocycles. The molecule has 9 heteroatoms. The number of sulfone groups is 1. The molecule has 0 saturated carbocycles. The Hall–Kier alpha value is -2.68. The molecule has 5 rings (SSSR count). The lowest BCUT2D eigenvalue weighted by atomic mass is 9.93. The standard InChI is InChI=1S/C25H24ClNO6S/c1-25(10-11-34(31,32)14-25)27(21(29)12-26)13-15-2-4-16(5-3-15)17-6-7-18-22(23(17)30)19(28)8-9-20-24(18)33-20/h2-9,20,24,30H,10-14H2,1H3. The second kappa shape index (κ2) is 8.22. The van der Waals surface area contributed by atoms with Gasteiger partial charge in [-0.05, 0) is 42.2 Å². The molecular weight excluding hydrogens is 478 g/mol. The summed E-state index contributed by atoms with van der Waals surface area (Å²) in [6.45, 7) is 2.00. The number of amides is 1. The van der Waals surface area contributed by atoms with Crippen molar-refractivity contribution in [1.82, 2.24) is 4.90 Å². The van der Waals surface area contributed by atoms with E-state index in [4.69, 9.17) is 16.3 Å². The number of allylic oxidation sites excluding steroid dienone is 1. The van der Waals surface area contributed by atoms with Crippen LogP contribution in [0, 0.1) is 0 Å². The van der Waals surface area contributed by atoms with Crippen LogP contribution in [-0.2, 0) is 25.9 Å². The van der Waals surface area contributed by atoms with Gasteiger partial charge in [0.05, 0.1) is 22.6 Å². The molecule has 2 aromatic rings. The highest BCUT2D eigenvalue weighted by Gasteiger charge is 2.45. The first kappa shape index (κ1) is 23.1. The van der Waals surface area contributed by atoms with Crippen LogP contribution in [-0.4, -0.2) is 59.1 Å². The normalized spacial score (nSPS) is 26.5. The molecule has 7 nitrogen and oxygen atoms in total. The van der Waals surface area contributed by atoms with Gasteiger partial charge in [-0.2, -0.15) is 0 Å². The van der Waals surface area contributed by atoms with Gasteiger partial charge in [-0.3, -0.25) is 9.59 Å². The highest BCUT2D eigenvalue weighted by atomic mass is 35.5. The van der Waals surface area contributed by atoms with Gasteiger partial charge in [0.1, 0.15) is 23.8 Å². The number of rotatable bonds is 5. The Labute approximate surface area is 202 Å². The van der Waals surface area contributed by atoms with Crippen molar-refractivity contribution in [2.24, 2.45) is 0 Å². The molecule has 3 aliphatic rings. The van der Waals surface area contributed by atoms with Crippen molar-refractivity contribution in [2.45, 2.75) is 37.6 Å². The predicted octanol–water partition coefficient (Wildman–Crippen LogP) is 3.40. The summed E-state index contributed by atoms with van der Waals surface area (Å²) in [6.07, 6.45) is 3.20. The first-order valence-electron chi connectivity index (χ1n) is 11.0. The van der Waals surface area contributed by atoms with Gasteiger partial charge in [0.25, 0.3) is 0 Å². The van der Waals surface area contributed by atoms with Gasteiger partial charge in [-0.25, -0.2) is 8.42 Å². The summed E-state index contributed by atoms with van der Waals surface area (Å²) < 4.78 is 29.7. The molecule has 1 aliphatic carbocycles. The van der Waals surface area contributed by atoms with E-state index in [-0.39, 0.29) is 59.1 Å². The molecule has 34 heavy (non-hydrogen) atoms. The zero-order chi connectivity index (χ0) is 24.3. The Kier molecular flexibility index (Phi) is 5.58. The molecule has 2 aliphatic heterocycles. The van der Waals surface area contributed by atoms with Crippen molar-refractivity contribution < 1.29 is 27.9 Å². The third kappa shape index (κ3) is 4.04. The number of carbonyl (C=O) groups is 2. The van der Waals surface area contributed by atoms with E-state index >= 15 is 0 Å². The average Bonchev–Trinajstić information content (AvgIpc) is 3.54. The molecule has 0 aromatic heterocycles. The van der Waals surface area contributed by atoms with Gasteiger partial charge in [0.15, 0.2) is 15.6 Å². The highest BCUT2D eigenvalue weighted by molar-refractivity contribution is 7.91. The molecule has 3 unspecified atom stereocenters. The number of hydrogen-bond donors (Lipinski definition) is 1. The van der Waals surface area contributed by atoms with Crippen molar-refractivity contribution in [3.63, 3.8) is 0 Å². The van der Waals surface area contributed by atoms with Crippen LogP contribution < -0.4 is 0 Å². The summed E-state index contributed by atoms with van der Waals surface area (Å²) in [7, 11) is -3.20. The monoisotopic (exact) mass is 501 g/mol. The molecule has 178 valence electrons. The third-order valence-electron chi connectivity index (χ3n) is 6.88. The Morgan fingerprint density at radius 2 is 1.97 bits per heavy atom. The number of hydrogen-bond acceptors (Lipinski definition) is 6. The largest absolute Gasteiger partial charge is 0.507 e. The number of epoxide rings is 1. The molecule has 2 fully saturated rings. The van der Waals surface area contributed by atoms with Crippen molar-refractivity contribution in [3.05, 3.63) is 65.2 Å². The molecule has 2 saturated heterocycles. The van der Waals surface area contributed by atoms with Crippen LogP contribution in [0.25, 0.3) is 11.1 Å². The van der Waals surface area contributed by atoms with Gasteiger partial charge in [-0.1, -0.05) is 36.4 Å². The number of ether oxygens (including phenoxy) is 1. The first-order valence-corrected chi connectivity index (χ1v) is 13.4. The SMILES string of the molecule is CC1(N(Cc2ccc(-c3ccc4c(c3O)C(=O)C=CC3OC43)cc2)C(=O)CCl)CCS(=O)(=O)C1. The maximum atomic E-state index is 12.6. The number of fused-ring (bicyclic) bond motifs is 3.